The first kappa shape index (κ1) is 14.4. The van der Waals surface area contributed by atoms with Crippen molar-refractivity contribution in [2.24, 2.45) is 0 Å². The summed E-state index contributed by atoms with van der Waals surface area (Å²) in [4.78, 5) is 0. The van der Waals surface area contributed by atoms with E-state index in [9.17, 15) is 0 Å². The van der Waals surface area contributed by atoms with Gasteiger partial charge >= 0.3 is 0 Å². The van der Waals surface area contributed by atoms with Gasteiger partial charge in [-0.1, -0.05) is 66.5 Å². The second kappa shape index (κ2) is 6.95. The molecular formula is C16H17Cl2N. The first-order chi connectivity index (χ1) is 9.22. The summed E-state index contributed by atoms with van der Waals surface area (Å²) >= 11 is 12.2. The molecule has 0 bridgehead atoms. The Labute approximate surface area is 124 Å². The van der Waals surface area contributed by atoms with Crippen LogP contribution in [0.25, 0.3) is 0 Å². The van der Waals surface area contributed by atoms with Gasteiger partial charge in [-0.3, -0.25) is 0 Å². The maximum atomic E-state index is 6.16. The van der Waals surface area contributed by atoms with Crippen LogP contribution in [-0.2, 0) is 19.5 Å². The summed E-state index contributed by atoms with van der Waals surface area (Å²) in [5, 5.41) is 4.66. The first-order valence-corrected chi connectivity index (χ1v) is 7.18. The van der Waals surface area contributed by atoms with Crippen LogP contribution < -0.4 is 5.32 Å². The summed E-state index contributed by atoms with van der Waals surface area (Å²) in [5.41, 5.74) is 3.75. The molecule has 0 amide bonds. The Kier molecular flexibility index (Phi) is 5.26. The van der Waals surface area contributed by atoms with E-state index in [4.69, 9.17) is 23.2 Å². The van der Waals surface area contributed by atoms with Crippen molar-refractivity contribution in [3.05, 3.63) is 69.2 Å². The molecule has 2 aromatic rings. The molecule has 1 nitrogen and oxygen atoms in total. The van der Waals surface area contributed by atoms with Crippen molar-refractivity contribution in [3.63, 3.8) is 0 Å². The lowest BCUT2D eigenvalue weighted by atomic mass is 10.1. The van der Waals surface area contributed by atoms with Gasteiger partial charge in [0.25, 0.3) is 0 Å². The van der Waals surface area contributed by atoms with Gasteiger partial charge < -0.3 is 5.32 Å². The van der Waals surface area contributed by atoms with Crippen molar-refractivity contribution in [2.75, 3.05) is 0 Å². The van der Waals surface area contributed by atoms with Crippen molar-refractivity contribution in [1.82, 2.24) is 5.32 Å². The summed E-state index contributed by atoms with van der Waals surface area (Å²) < 4.78 is 0. The van der Waals surface area contributed by atoms with Crippen LogP contribution in [0.15, 0.2) is 42.5 Å². The van der Waals surface area contributed by atoms with E-state index >= 15 is 0 Å². The van der Waals surface area contributed by atoms with Crippen LogP contribution in [0.5, 0.6) is 0 Å². The predicted octanol–water partition coefficient (Wildman–Crippen LogP) is 4.85. The van der Waals surface area contributed by atoms with E-state index in [0.717, 1.165) is 25.1 Å². The Morgan fingerprint density at radius 1 is 0.842 bits per heavy atom. The van der Waals surface area contributed by atoms with Gasteiger partial charge in [0, 0.05) is 13.1 Å². The molecule has 0 saturated carbocycles. The van der Waals surface area contributed by atoms with Crippen LogP contribution in [0, 0.1) is 0 Å². The summed E-state index contributed by atoms with van der Waals surface area (Å²) in [7, 11) is 0. The molecule has 0 aliphatic carbocycles. The fourth-order valence-corrected chi connectivity index (χ4v) is 2.48. The Balaban J connectivity index is 1.98. The predicted molar refractivity (Wildman–Crippen MR) is 82.8 cm³/mol. The molecule has 3 heteroatoms. The minimum Gasteiger partial charge on any atom is -0.309 e. The maximum Gasteiger partial charge on any atom is 0.0637 e. The van der Waals surface area contributed by atoms with Crippen LogP contribution in [0.1, 0.15) is 23.6 Å². The molecule has 0 radical (unpaired) electrons. The number of halogens is 2. The highest BCUT2D eigenvalue weighted by atomic mass is 35.5. The van der Waals surface area contributed by atoms with Crippen molar-refractivity contribution in [1.29, 1.82) is 0 Å². The molecule has 100 valence electrons. The lowest BCUT2D eigenvalue weighted by Crippen LogP contribution is -2.14. The fraction of sp³-hybridized carbons (Fsp3) is 0.250. The number of benzene rings is 2. The van der Waals surface area contributed by atoms with Crippen molar-refractivity contribution >= 4 is 23.2 Å². The maximum absolute atomic E-state index is 6.16. The molecule has 0 spiro atoms. The molecular weight excluding hydrogens is 277 g/mol. The van der Waals surface area contributed by atoms with Crippen molar-refractivity contribution < 1.29 is 0 Å². The second-order valence-electron chi connectivity index (χ2n) is 4.44. The van der Waals surface area contributed by atoms with Gasteiger partial charge in [-0.2, -0.15) is 0 Å². The SMILES string of the molecule is CCc1ccccc1CNCc1cccc(Cl)c1Cl. The van der Waals surface area contributed by atoms with E-state index < -0.39 is 0 Å². The van der Waals surface area contributed by atoms with Crippen molar-refractivity contribution in [2.45, 2.75) is 26.4 Å². The Morgan fingerprint density at radius 2 is 1.47 bits per heavy atom. The summed E-state index contributed by atoms with van der Waals surface area (Å²) in [6, 6.07) is 14.2. The van der Waals surface area contributed by atoms with Crippen LogP contribution >= 0.6 is 23.2 Å². The average molecular weight is 294 g/mol. The summed E-state index contributed by atoms with van der Waals surface area (Å²) in [6.07, 6.45) is 1.05. The number of aryl methyl sites for hydroxylation is 1. The summed E-state index contributed by atoms with van der Waals surface area (Å²) in [5.74, 6) is 0. The fourth-order valence-electron chi connectivity index (χ4n) is 2.09. The van der Waals surface area contributed by atoms with Gasteiger partial charge in [0.05, 0.1) is 10.0 Å². The van der Waals surface area contributed by atoms with Gasteiger partial charge in [0.1, 0.15) is 0 Å². The standard InChI is InChI=1S/C16H17Cl2N/c1-2-12-6-3-4-7-13(12)10-19-11-14-8-5-9-15(17)16(14)18/h3-9,19H,2,10-11H2,1H3. The highest BCUT2D eigenvalue weighted by Gasteiger charge is 2.04. The minimum atomic E-state index is 0.606. The molecule has 0 heterocycles. The second-order valence-corrected chi connectivity index (χ2v) is 5.22. The van der Waals surface area contributed by atoms with Gasteiger partial charge in [-0.25, -0.2) is 0 Å². The van der Waals surface area contributed by atoms with Gasteiger partial charge in [0.2, 0.25) is 0 Å². The molecule has 19 heavy (non-hydrogen) atoms. The molecule has 0 saturated heterocycles. The smallest absolute Gasteiger partial charge is 0.0637 e. The van der Waals surface area contributed by atoms with E-state index in [1.807, 2.05) is 12.1 Å². The zero-order valence-corrected chi connectivity index (χ0v) is 12.4. The molecule has 0 aliphatic rings. The molecule has 0 fully saturated rings. The van der Waals surface area contributed by atoms with Crippen LogP contribution in [0.3, 0.4) is 0 Å². The van der Waals surface area contributed by atoms with E-state index in [2.05, 4.69) is 36.5 Å². The quantitative estimate of drug-likeness (QED) is 0.831. The van der Waals surface area contributed by atoms with E-state index in [1.165, 1.54) is 11.1 Å². The van der Waals surface area contributed by atoms with Crippen LogP contribution in [0.2, 0.25) is 10.0 Å². The van der Waals surface area contributed by atoms with E-state index in [0.29, 0.717) is 10.0 Å². The number of rotatable bonds is 5. The number of nitrogens with one attached hydrogen (secondary N) is 1. The highest BCUT2D eigenvalue weighted by molar-refractivity contribution is 6.42. The molecule has 2 aromatic carbocycles. The molecule has 0 aromatic heterocycles. The third-order valence-electron chi connectivity index (χ3n) is 3.16. The zero-order valence-electron chi connectivity index (χ0n) is 10.9. The number of hydrogen-bond donors (Lipinski definition) is 1. The van der Waals surface area contributed by atoms with Gasteiger partial charge in [-0.15, -0.1) is 0 Å². The molecule has 1 N–H and O–H groups in total. The lowest BCUT2D eigenvalue weighted by Gasteiger charge is -2.10. The van der Waals surface area contributed by atoms with Gasteiger partial charge in [0.15, 0.2) is 0 Å². The first-order valence-electron chi connectivity index (χ1n) is 6.42. The van der Waals surface area contributed by atoms with E-state index in [-0.39, 0.29) is 0 Å². The summed E-state index contributed by atoms with van der Waals surface area (Å²) in [6.45, 7) is 3.73. The molecule has 0 aliphatic heterocycles. The monoisotopic (exact) mass is 293 g/mol. The average Bonchev–Trinajstić information content (AvgIpc) is 2.44. The van der Waals surface area contributed by atoms with Crippen LogP contribution in [0.4, 0.5) is 0 Å². The number of hydrogen-bond acceptors (Lipinski definition) is 1. The van der Waals surface area contributed by atoms with E-state index in [1.54, 1.807) is 6.07 Å². The van der Waals surface area contributed by atoms with Gasteiger partial charge in [-0.05, 0) is 29.2 Å². The minimum absolute atomic E-state index is 0.606. The molecule has 0 atom stereocenters. The highest BCUT2D eigenvalue weighted by Crippen LogP contribution is 2.25. The lowest BCUT2D eigenvalue weighted by molar-refractivity contribution is 0.688. The molecule has 0 unspecified atom stereocenters. The zero-order chi connectivity index (χ0) is 13.7. The van der Waals surface area contributed by atoms with Crippen molar-refractivity contribution in [3.8, 4) is 0 Å². The largest absolute Gasteiger partial charge is 0.309 e. The molecule has 2 rings (SSSR count). The Morgan fingerprint density at radius 3 is 2.21 bits per heavy atom. The third kappa shape index (κ3) is 3.73. The normalized spacial score (nSPS) is 10.7. The Hall–Kier alpha value is -1.02. The Bertz CT molecular complexity index is 552. The third-order valence-corrected chi connectivity index (χ3v) is 4.02. The topological polar surface area (TPSA) is 12.0 Å². The van der Waals surface area contributed by atoms with Crippen LogP contribution in [-0.4, -0.2) is 0 Å².